The van der Waals surface area contributed by atoms with Gasteiger partial charge in [-0.1, -0.05) is 31.3 Å². The van der Waals surface area contributed by atoms with Crippen molar-refractivity contribution in [1.29, 1.82) is 0 Å². The number of hydrogen-bond acceptors (Lipinski definition) is 6. The van der Waals surface area contributed by atoms with E-state index in [4.69, 9.17) is 4.74 Å². The Morgan fingerprint density at radius 2 is 1.82 bits per heavy atom. The van der Waals surface area contributed by atoms with Crippen molar-refractivity contribution >= 4 is 44.2 Å². The monoisotopic (exact) mass is 474 g/mol. The molecule has 7 nitrogen and oxygen atoms in total. The van der Waals surface area contributed by atoms with Gasteiger partial charge in [-0.05, 0) is 36.2 Å². The molecule has 10 heteroatoms. The van der Waals surface area contributed by atoms with Gasteiger partial charge in [-0.25, -0.2) is 13.8 Å². The number of hydrogen-bond donors (Lipinski definition) is 2. The highest BCUT2D eigenvalue weighted by molar-refractivity contribution is 7.22. The molecular weight excluding hydrogens is 450 g/mol. The Morgan fingerprint density at radius 1 is 1.12 bits per heavy atom. The van der Waals surface area contributed by atoms with Crippen LogP contribution < -0.4 is 15.5 Å². The maximum Gasteiger partial charge on any atom is 0.257 e. The number of thiazole rings is 1. The van der Waals surface area contributed by atoms with Gasteiger partial charge in [0.25, 0.3) is 5.91 Å². The van der Waals surface area contributed by atoms with Crippen molar-refractivity contribution < 1.29 is 23.1 Å². The molecule has 3 aromatic rings. The van der Waals surface area contributed by atoms with Gasteiger partial charge < -0.3 is 20.3 Å². The van der Waals surface area contributed by atoms with E-state index in [0.717, 1.165) is 40.6 Å². The summed E-state index contributed by atoms with van der Waals surface area (Å²) < 4.78 is 34.2. The fraction of sp³-hybridized carbons (Fsp3) is 0.348. The minimum absolute atomic E-state index is 0.316. The molecule has 1 aliphatic heterocycles. The van der Waals surface area contributed by atoms with Crippen LogP contribution in [0.25, 0.3) is 10.2 Å². The second-order valence-electron chi connectivity index (χ2n) is 8.06. The van der Waals surface area contributed by atoms with E-state index < -0.39 is 35.1 Å². The third kappa shape index (κ3) is 5.12. The van der Waals surface area contributed by atoms with E-state index >= 15 is 0 Å². The molecule has 0 aliphatic carbocycles. The number of halogens is 2. The predicted octanol–water partition coefficient (Wildman–Crippen LogP) is 3.80. The number of morpholine rings is 1. The molecule has 0 bridgehead atoms. The van der Waals surface area contributed by atoms with Gasteiger partial charge in [-0.15, -0.1) is 0 Å². The average Bonchev–Trinajstić information content (AvgIpc) is 3.21. The predicted molar refractivity (Wildman–Crippen MR) is 124 cm³/mol. The molecule has 2 N–H and O–H groups in total. The van der Waals surface area contributed by atoms with Crippen molar-refractivity contribution in [1.82, 2.24) is 10.3 Å². The number of fused-ring (bicyclic) bond motifs is 1. The molecule has 0 saturated carbocycles. The zero-order valence-electron chi connectivity index (χ0n) is 18.2. The standard InChI is InChI=1S/C23H24F2N4O3S/c1-13(2)20(28-21(30)19-15(24)4-3-5-16(19)25)22(31)26-14-6-7-17-18(12-14)33-23(27-17)29-8-10-32-11-9-29/h3-7,12-13,20H,8-11H2,1-2H3,(H,26,31)(H,28,30). The lowest BCUT2D eigenvalue weighted by Gasteiger charge is -2.25. The third-order valence-electron chi connectivity index (χ3n) is 5.35. The van der Waals surface area contributed by atoms with Crippen LogP contribution in [0.1, 0.15) is 24.2 Å². The number of rotatable bonds is 6. The van der Waals surface area contributed by atoms with E-state index in [-0.39, 0.29) is 5.92 Å². The number of amides is 2. The number of nitrogens with one attached hydrogen (secondary N) is 2. The lowest BCUT2D eigenvalue weighted by molar-refractivity contribution is -0.118. The van der Waals surface area contributed by atoms with Gasteiger partial charge in [0, 0.05) is 18.8 Å². The zero-order chi connectivity index (χ0) is 23.5. The summed E-state index contributed by atoms with van der Waals surface area (Å²) >= 11 is 1.53. The summed E-state index contributed by atoms with van der Waals surface area (Å²) in [5.74, 6) is -3.74. The molecule has 2 heterocycles. The molecular formula is C23H24F2N4O3S. The van der Waals surface area contributed by atoms with Crippen LogP contribution in [0.4, 0.5) is 19.6 Å². The highest BCUT2D eigenvalue weighted by Gasteiger charge is 2.27. The van der Waals surface area contributed by atoms with Gasteiger partial charge >= 0.3 is 0 Å². The molecule has 4 rings (SSSR count). The van der Waals surface area contributed by atoms with Gasteiger partial charge in [0.05, 0.1) is 23.4 Å². The van der Waals surface area contributed by atoms with Crippen LogP contribution in [0.2, 0.25) is 0 Å². The molecule has 1 aromatic heterocycles. The third-order valence-corrected chi connectivity index (χ3v) is 6.43. The fourth-order valence-corrected chi connectivity index (χ4v) is 4.62. The molecule has 33 heavy (non-hydrogen) atoms. The van der Waals surface area contributed by atoms with E-state index in [9.17, 15) is 18.4 Å². The smallest absolute Gasteiger partial charge is 0.257 e. The number of benzene rings is 2. The normalized spacial score (nSPS) is 15.0. The summed E-state index contributed by atoms with van der Waals surface area (Å²) in [4.78, 5) is 32.2. The Labute approximate surface area is 193 Å². The van der Waals surface area contributed by atoms with Crippen LogP contribution in [0, 0.1) is 17.6 Å². The summed E-state index contributed by atoms with van der Waals surface area (Å²) in [6.45, 7) is 6.36. The number of ether oxygens (including phenoxy) is 1. The SMILES string of the molecule is CC(C)C(NC(=O)c1c(F)cccc1F)C(=O)Nc1ccc2nc(N3CCOCC3)sc2c1. The van der Waals surface area contributed by atoms with E-state index in [1.807, 2.05) is 12.1 Å². The topological polar surface area (TPSA) is 83.6 Å². The van der Waals surface area contributed by atoms with Crippen molar-refractivity contribution in [3.63, 3.8) is 0 Å². The van der Waals surface area contributed by atoms with Crippen LogP contribution in [0.3, 0.4) is 0 Å². The molecule has 2 amide bonds. The van der Waals surface area contributed by atoms with E-state index in [2.05, 4.69) is 20.5 Å². The Kier molecular flexibility index (Phi) is 6.85. The molecule has 1 saturated heterocycles. The highest BCUT2D eigenvalue weighted by Crippen LogP contribution is 2.31. The summed E-state index contributed by atoms with van der Waals surface area (Å²) in [5.41, 5.74) is 0.655. The fourth-order valence-electron chi connectivity index (χ4n) is 3.56. The van der Waals surface area contributed by atoms with Crippen molar-refractivity contribution in [2.75, 3.05) is 36.5 Å². The lowest BCUT2D eigenvalue weighted by Crippen LogP contribution is -2.47. The minimum Gasteiger partial charge on any atom is -0.378 e. The quantitative estimate of drug-likeness (QED) is 0.568. The number of carbonyl (C=O) groups excluding carboxylic acids is 2. The second-order valence-corrected chi connectivity index (χ2v) is 9.07. The summed E-state index contributed by atoms with van der Waals surface area (Å²) in [6, 6.07) is 7.56. The van der Waals surface area contributed by atoms with E-state index in [1.165, 1.54) is 17.4 Å². The van der Waals surface area contributed by atoms with Gasteiger partial charge in [-0.3, -0.25) is 9.59 Å². The van der Waals surface area contributed by atoms with Crippen LogP contribution in [-0.4, -0.2) is 49.1 Å². The highest BCUT2D eigenvalue weighted by atomic mass is 32.1. The van der Waals surface area contributed by atoms with Crippen molar-refractivity contribution in [2.45, 2.75) is 19.9 Å². The van der Waals surface area contributed by atoms with Crippen LogP contribution >= 0.6 is 11.3 Å². The number of nitrogens with zero attached hydrogens (tertiary/aromatic N) is 2. The van der Waals surface area contributed by atoms with Crippen LogP contribution in [0.15, 0.2) is 36.4 Å². The lowest BCUT2D eigenvalue weighted by atomic mass is 10.0. The second kappa shape index (κ2) is 9.80. The zero-order valence-corrected chi connectivity index (χ0v) is 19.0. The number of carbonyl (C=O) groups is 2. The Balaban J connectivity index is 1.49. The van der Waals surface area contributed by atoms with Crippen molar-refractivity contribution in [3.05, 3.63) is 53.6 Å². The average molecular weight is 475 g/mol. The summed E-state index contributed by atoms with van der Waals surface area (Å²) in [6.07, 6.45) is 0. The maximum absolute atomic E-state index is 14.0. The van der Waals surface area contributed by atoms with Gasteiger partial charge in [0.2, 0.25) is 5.91 Å². The molecule has 0 spiro atoms. The molecule has 1 unspecified atom stereocenters. The Hall–Kier alpha value is -3.11. The molecule has 2 aromatic carbocycles. The van der Waals surface area contributed by atoms with Crippen molar-refractivity contribution in [3.8, 4) is 0 Å². The van der Waals surface area contributed by atoms with E-state index in [0.29, 0.717) is 18.9 Å². The maximum atomic E-state index is 14.0. The molecule has 0 radical (unpaired) electrons. The number of anilines is 2. The van der Waals surface area contributed by atoms with Crippen LogP contribution in [0.5, 0.6) is 0 Å². The first kappa shape index (κ1) is 23.1. The Bertz CT molecular complexity index is 1160. The first-order chi connectivity index (χ1) is 15.8. The molecule has 1 atom stereocenters. The number of aromatic nitrogens is 1. The molecule has 1 fully saturated rings. The first-order valence-electron chi connectivity index (χ1n) is 10.6. The summed E-state index contributed by atoms with van der Waals surface area (Å²) in [5, 5.41) is 6.15. The van der Waals surface area contributed by atoms with Gasteiger partial charge in [0.1, 0.15) is 23.2 Å². The molecule has 174 valence electrons. The van der Waals surface area contributed by atoms with Crippen LogP contribution in [-0.2, 0) is 9.53 Å². The van der Waals surface area contributed by atoms with Crippen molar-refractivity contribution in [2.24, 2.45) is 5.92 Å². The largest absolute Gasteiger partial charge is 0.378 e. The first-order valence-corrected chi connectivity index (χ1v) is 11.4. The Morgan fingerprint density at radius 3 is 2.48 bits per heavy atom. The molecule has 1 aliphatic rings. The minimum atomic E-state index is -0.988. The van der Waals surface area contributed by atoms with Gasteiger partial charge in [-0.2, -0.15) is 0 Å². The van der Waals surface area contributed by atoms with E-state index in [1.54, 1.807) is 19.9 Å². The summed E-state index contributed by atoms with van der Waals surface area (Å²) in [7, 11) is 0. The van der Waals surface area contributed by atoms with Gasteiger partial charge in [0.15, 0.2) is 5.13 Å².